The van der Waals surface area contributed by atoms with Crippen LogP contribution in [-0.2, 0) is 5.41 Å². The molecule has 8 heteroatoms. The van der Waals surface area contributed by atoms with Gasteiger partial charge in [-0.25, -0.2) is 9.78 Å². The van der Waals surface area contributed by atoms with Gasteiger partial charge in [-0.2, -0.15) is 0 Å². The van der Waals surface area contributed by atoms with Gasteiger partial charge in [0.1, 0.15) is 5.01 Å². The van der Waals surface area contributed by atoms with Gasteiger partial charge in [0, 0.05) is 5.41 Å². The van der Waals surface area contributed by atoms with Crippen molar-refractivity contribution >= 4 is 50.6 Å². The lowest BCUT2D eigenvalue weighted by Gasteiger charge is -2.12. The molecule has 2 aromatic heterocycles. The second kappa shape index (κ2) is 5.60. The van der Waals surface area contributed by atoms with Crippen molar-refractivity contribution in [2.75, 3.05) is 0 Å². The number of carboxylic acid groups (broad SMARTS) is 1. The Labute approximate surface area is 139 Å². The molecular formula is C14H13N3O2S3. The number of hydrogen-bond acceptors (Lipinski definition) is 7. The largest absolute Gasteiger partial charge is 0.478 e. The average Bonchev–Trinajstić information content (AvgIpc) is 3.03. The molecule has 22 heavy (non-hydrogen) atoms. The molecule has 0 aliphatic heterocycles. The lowest BCUT2D eigenvalue weighted by atomic mass is 9.98. The van der Waals surface area contributed by atoms with Crippen LogP contribution in [0.4, 0.5) is 0 Å². The maximum atomic E-state index is 11.0. The highest BCUT2D eigenvalue weighted by molar-refractivity contribution is 8.02. The average molecular weight is 351 g/mol. The van der Waals surface area contributed by atoms with E-state index in [1.165, 1.54) is 23.1 Å². The Kier molecular flexibility index (Phi) is 3.92. The third-order valence-corrected chi connectivity index (χ3v) is 6.32. The molecule has 114 valence electrons. The number of fused-ring (bicyclic) bond motifs is 1. The highest BCUT2D eigenvalue weighted by Crippen LogP contribution is 2.37. The Morgan fingerprint density at radius 3 is 2.59 bits per heavy atom. The van der Waals surface area contributed by atoms with Crippen molar-refractivity contribution in [3.05, 3.63) is 28.8 Å². The minimum atomic E-state index is -0.927. The first kappa shape index (κ1) is 15.4. The van der Waals surface area contributed by atoms with Crippen LogP contribution in [0.15, 0.2) is 26.9 Å². The molecule has 0 saturated heterocycles. The second-order valence-electron chi connectivity index (χ2n) is 5.69. The number of nitrogens with zero attached hydrogens (tertiary/aromatic N) is 3. The molecule has 0 atom stereocenters. The number of rotatable bonds is 3. The van der Waals surface area contributed by atoms with E-state index in [1.54, 1.807) is 29.5 Å². The third kappa shape index (κ3) is 3.13. The molecule has 2 heterocycles. The standard InChI is InChI=1S/C14H13N3O2S3/c1-14(2,3)11-16-17-13(21-11)22-12-15-8-5-4-7(10(18)19)6-9(8)20-12/h4-6H,1-3H3,(H,18,19). The van der Waals surface area contributed by atoms with Crippen molar-refractivity contribution in [1.29, 1.82) is 0 Å². The summed E-state index contributed by atoms with van der Waals surface area (Å²) in [6.45, 7) is 6.31. The van der Waals surface area contributed by atoms with Gasteiger partial charge in [-0.3, -0.25) is 0 Å². The van der Waals surface area contributed by atoms with Gasteiger partial charge >= 0.3 is 5.97 Å². The van der Waals surface area contributed by atoms with E-state index < -0.39 is 5.97 Å². The van der Waals surface area contributed by atoms with E-state index in [2.05, 4.69) is 36.0 Å². The summed E-state index contributed by atoms with van der Waals surface area (Å²) in [5, 5.41) is 18.4. The second-order valence-corrected chi connectivity index (χ2v) is 9.20. The molecule has 1 aromatic carbocycles. The minimum Gasteiger partial charge on any atom is -0.478 e. The van der Waals surface area contributed by atoms with E-state index in [4.69, 9.17) is 5.11 Å². The smallest absolute Gasteiger partial charge is 0.335 e. The van der Waals surface area contributed by atoms with Crippen molar-refractivity contribution in [2.24, 2.45) is 0 Å². The Balaban J connectivity index is 1.88. The molecule has 0 fully saturated rings. The molecule has 5 nitrogen and oxygen atoms in total. The van der Waals surface area contributed by atoms with Crippen LogP contribution in [0, 0.1) is 0 Å². The van der Waals surface area contributed by atoms with Crippen LogP contribution >= 0.6 is 34.4 Å². The highest BCUT2D eigenvalue weighted by Gasteiger charge is 2.20. The Morgan fingerprint density at radius 1 is 1.18 bits per heavy atom. The Morgan fingerprint density at radius 2 is 1.95 bits per heavy atom. The number of aromatic nitrogens is 3. The van der Waals surface area contributed by atoms with Crippen LogP contribution in [0.3, 0.4) is 0 Å². The zero-order chi connectivity index (χ0) is 15.9. The molecule has 0 aliphatic carbocycles. The number of aromatic carboxylic acids is 1. The van der Waals surface area contributed by atoms with Crippen molar-refractivity contribution in [1.82, 2.24) is 15.2 Å². The molecule has 0 aliphatic rings. The molecular weight excluding hydrogens is 338 g/mol. The van der Waals surface area contributed by atoms with Gasteiger partial charge in [0.2, 0.25) is 0 Å². The molecule has 0 radical (unpaired) electrons. The van der Waals surface area contributed by atoms with Crippen molar-refractivity contribution in [2.45, 2.75) is 34.9 Å². The van der Waals surface area contributed by atoms with Crippen LogP contribution in [0.2, 0.25) is 0 Å². The van der Waals surface area contributed by atoms with Crippen LogP contribution in [0.25, 0.3) is 10.2 Å². The van der Waals surface area contributed by atoms with Gasteiger partial charge in [0.25, 0.3) is 0 Å². The summed E-state index contributed by atoms with van der Waals surface area (Å²) < 4.78 is 2.56. The predicted octanol–water partition coefficient (Wildman–Crippen LogP) is 4.29. The summed E-state index contributed by atoms with van der Waals surface area (Å²) >= 11 is 4.50. The summed E-state index contributed by atoms with van der Waals surface area (Å²) in [5.74, 6) is -0.927. The minimum absolute atomic E-state index is 0.0134. The summed E-state index contributed by atoms with van der Waals surface area (Å²) in [7, 11) is 0. The summed E-state index contributed by atoms with van der Waals surface area (Å²) in [5.41, 5.74) is 1.07. The monoisotopic (exact) mass is 351 g/mol. The first-order chi connectivity index (χ1) is 10.3. The Bertz CT molecular complexity index is 849. The number of carbonyl (C=O) groups is 1. The topological polar surface area (TPSA) is 76.0 Å². The SMILES string of the molecule is CC(C)(C)c1nnc(Sc2nc3ccc(C(=O)O)cc3s2)s1. The van der Waals surface area contributed by atoms with Crippen LogP contribution in [0.1, 0.15) is 36.1 Å². The predicted molar refractivity (Wildman–Crippen MR) is 89.3 cm³/mol. The lowest BCUT2D eigenvalue weighted by Crippen LogP contribution is -2.10. The number of hydrogen-bond donors (Lipinski definition) is 1. The van der Waals surface area contributed by atoms with E-state index in [9.17, 15) is 4.79 Å². The summed E-state index contributed by atoms with van der Waals surface area (Å²) in [4.78, 5) is 15.5. The van der Waals surface area contributed by atoms with E-state index in [0.717, 1.165) is 23.9 Å². The zero-order valence-electron chi connectivity index (χ0n) is 12.2. The fraction of sp³-hybridized carbons (Fsp3) is 0.286. The van der Waals surface area contributed by atoms with Gasteiger partial charge in [-0.15, -0.1) is 21.5 Å². The molecule has 3 aromatic rings. The molecule has 3 rings (SSSR count). The first-order valence-corrected chi connectivity index (χ1v) is 8.93. The molecule has 1 N–H and O–H groups in total. The molecule has 0 saturated carbocycles. The van der Waals surface area contributed by atoms with E-state index in [-0.39, 0.29) is 11.0 Å². The molecule has 0 spiro atoms. The van der Waals surface area contributed by atoms with E-state index in [0.29, 0.717) is 0 Å². The number of benzene rings is 1. The zero-order valence-corrected chi connectivity index (χ0v) is 14.6. The molecule has 0 bridgehead atoms. The van der Waals surface area contributed by atoms with E-state index >= 15 is 0 Å². The first-order valence-electron chi connectivity index (χ1n) is 6.48. The van der Waals surface area contributed by atoms with Crippen molar-refractivity contribution in [3.8, 4) is 0 Å². The van der Waals surface area contributed by atoms with Gasteiger partial charge in [-0.1, -0.05) is 32.1 Å². The fourth-order valence-corrected chi connectivity index (χ4v) is 4.93. The van der Waals surface area contributed by atoms with Gasteiger partial charge < -0.3 is 5.11 Å². The van der Waals surface area contributed by atoms with Gasteiger partial charge in [-0.05, 0) is 30.0 Å². The normalized spacial score (nSPS) is 12.0. The van der Waals surface area contributed by atoms with Crippen molar-refractivity contribution < 1.29 is 9.90 Å². The third-order valence-electron chi connectivity index (χ3n) is 2.84. The Hall–Kier alpha value is -1.51. The van der Waals surface area contributed by atoms with Gasteiger partial charge in [0.15, 0.2) is 8.68 Å². The molecule has 0 unspecified atom stereocenters. The maximum absolute atomic E-state index is 11.0. The lowest BCUT2D eigenvalue weighted by molar-refractivity contribution is 0.0697. The summed E-state index contributed by atoms with van der Waals surface area (Å²) in [6, 6.07) is 4.96. The number of thiazole rings is 1. The molecule has 0 amide bonds. The van der Waals surface area contributed by atoms with Gasteiger partial charge in [0.05, 0.1) is 15.8 Å². The van der Waals surface area contributed by atoms with E-state index in [1.807, 2.05) is 0 Å². The van der Waals surface area contributed by atoms with Crippen LogP contribution in [0.5, 0.6) is 0 Å². The quantitative estimate of drug-likeness (QED) is 0.758. The summed E-state index contributed by atoms with van der Waals surface area (Å²) in [6.07, 6.45) is 0. The van der Waals surface area contributed by atoms with Crippen LogP contribution in [-0.4, -0.2) is 26.3 Å². The van der Waals surface area contributed by atoms with Crippen LogP contribution < -0.4 is 0 Å². The van der Waals surface area contributed by atoms with Crippen molar-refractivity contribution in [3.63, 3.8) is 0 Å². The fourth-order valence-electron chi connectivity index (χ4n) is 1.71. The highest BCUT2D eigenvalue weighted by atomic mass is 32.2. The number of carboxylic acids is 1. The maximum Gasteiger partial charge on any atom is 0.335 e.